The van der Waals surface area contributed by atoms with Crippen molar-refractivity contribution in [3.05, 3.63) is 33.8 Å². The van der Waals surface area contributed by atoms with Crippen molar-refractivity contribution < 1.29 is 9.90 Å². The van der Waals surface area contributed by atoms with E-state index in [2.05, 4.69) is 39.4 Å². The van der Waals surface area contributed by atoms with E-state index in [4.69, 9.17) is 0 Å². The summed E-state index contributed by atoms with van der Waals surface area (Å²) < 4.78 is 1.16. The highest BCUT2D eigenvalue weighted by molar-refractivity contribution is 9.10. The fourth-order valence-electron chi connectivity index (χ4n) is 3.82. The topological polar surface area (TPSA) is 49.3 Å². The molecule has 3 unspecified atom stereocenters. The Bertz CT molecular complexity index is 532. The standard InChI is InChI=1S/C17H22BrNO2/c18-14-6-4-12-9-15(7-5-11(12)8-14)19-10-13-2-1-3-16(13)17(20)21/h4,6,8,13,15-16,19H,1-3,5,7,9-10H2,(H,20,21). The lowest BCUT2D eigenvalue weighted by molar-refractivity contribution is -0.142. The minimum Gasteiger partial charge on any atom is -0.481 e. The summed E-state index contributed by atoms with van der Waals surface area (Å²) in [5, 5.41) is 12.9. The molecule has 0 aromatic heterocycles. The van der Waals surface area contributed by atoms with E-state index in [-0.39, 0.29) is 5.92 Å². The maximum Gasteiger partial charge on any atom is 0.306 e. The Labute approximate surface area is 134 Å². The fraction of sp³-hybridized carbons (Fsp3) is 0.588. The summed E-state index contributed by atoms with van der Waals surface area (Å²) in [4.78, 5) is 11.2. The molecule has 0 radical (unpaired) electrons. The van der Waals surface area contributed by atoms with Gasteiger partial charge in [-0.25, -0.2) is 0 Å². The molecule has 2 N–H and O–H groups in total. The first-order valence-corrected chi connectivity index (χ1v) is 8.66. The fourth-order valence-corrected chi connectivity index (χ4v) is 4.23. The predicted octanol–water partition coefficient (Wildman–Crippen LogP) is 3.40. The van der Waals surface area contributed by atoms with E-state index in [0.717, 1.165) is 49.5 Å². The lowest BCUT2D eigenvalue weighted by Crippen LogP contribution is -2.39. The zero-order valence-corrected chi connectivity index (χ0v) is 13.7. The van der Waals surface area contributed by atoms with Crippen LogP contribution >= 0.6 is 15.9 Å². The van der Waals surface area contributed by atoms with Gasteiger partial charge in [0.05, 0.1) is 5.92 Å². The number of aryl methyl sites for hydroxylation is 1. The molecule has 0 amide bonds. The Morgan fingerprint density at radius 2 is 2.14 bits per heavy atom. The van der Waals surface area contributed by atoms with Gasteiger partial charge in [-0.05, 0) is 67.8 Å². The molecular weight excluding hydrogens is 330 g/mol. The second-order valence-corrected chi connectivity index (χ2v) is 7.31. The molecule has 21 heavy (non-hydrogen) atoms. The van der Waals surface area contributed by atoms with Crippen LogP contribution in [-0.2, 0) is 17.6 Å². The lowest BCUT2D eigenvalue weighted by Gasteiger charge is -2.27. The van der Waals surface area contributed by atoms with Crippen LogP contribution in [0.2, 0.25) is 0 Å². The first-order chi connectivity index (χ1) is 10.1. The largest absolute Gasteiger partial charge is 0.481 e. The van der Waals surface area contributed by atoms with E-state index in [9.17, 15) is 9.90 Å². The predicted molar refractivity (Wildman–Crippen MR) is 86.4 cm³/mol. The molecule has 4 heteroatoms. The third-order valence-corrected chi connectivity index (χ3v) is 5.54. The van der Waals surface area contributed by atoms with Gasteiger partial charge in [0.1, 0.15) is 0 Å². The SMILES string of the molecule is O=C(O)C1CCCC1CNC1CCc2cc(Br)ccc2C1. The first kappa shape index (κ1) is 15.0. The molecule has 0 bridgehead atoms. The monoisotopic (exact) mass is 351 g/mol. The molecular formula is C17H22BrNO2. The minimum atomic E-state index is -0.613. The van der Waals surface area contributed by atoms with Crippen molar-refractivity contribution in [2.24, 2.45) is 11.8 Å². The Morgan fingerprint density at radius 1 is 1.29 bits per heavy atom. The van der Waals surface area contributed by atoms with E-state index in [1.54, 1.807) is 0 Å². The minimum absolute atomic E-state index is 0.135. The Kier molecular flexibility index (Phi) is 4.65. The maximum absolute atomic E-state index is 11.2. The van der Waals surface area contributed by atoms with Crippen molar-refractivity contribution in [3.63, 3.8) is 0 Å². The smallest absolute Gasteiger partial charge is 0.306 e. The average molecular weight is 352 g/mol. The molecule has 1 saturated carbocycles. The van der Waals surface area contributed by atoms with Crippen molar-refractivity contribution in [2.45, 2.75) is 44.6 Å². The van der Waals surface area contributed by atoms with Gasteiger partial charge >= 0.3 is 5.97 Å². The van der Waals surface area contributed by atoms with Gasteiger partial charge in [-0.2, -0.15) is 0 Å². The third-order valence-electron chi connectivity index (χ3n) is 5.04. The number of fused-ring (bicyclic) bond motifs is 1. The average Bonchev–Trinajstić information content (AvgIpc) is 2.93. The molecule has 1 fully saturated rings. The van der Waals surface area contributed by atoms with Crippen molar-refractivity contribution in [1.29, 1.82) is 0 Å². The van der Waals surface area contributed by atoms with Gasteiger partial charge in [0.25, 0.3) is 0 Å². The van der Waals surface area contributed by atoms with Gasteiger partial charge in [0, 0.05) is 10.5 Å². The van der Waals surface area contributed by atoms with Gasteiger partial charge in [-0.15, -0.1) is 0 Å². The van der Waals surface area contributed by atoms with E-state index < -0.39 is 5.97 Å². The molecule has 3 nitrogen and oxygen atoms in total. The zero-order valence-electron chi connectivity index (χ0n) is 12.1. The van der Waals surface area contributed by atoms with Crippen molar-refractivity contribution >= 4 is 21.9 Å². The molecule has 0 spiro atoms. The summed E-state index contributed by atoms with van der Waals surface area (Å²) in [6.07, 6.45) is 6.29. The van der Waals surface area contributed by atoms with Crippen LogP contribution in [0.15, 0.2) is 22.7 Å². The Hall–Kier alpha value is -0.870. The number of nitrogens with one attached hydrogen (secondary N) is 1. The third kappa shape index (κ3) is 3.49. The molecule has 114 valence electrons. The van der Waals surface area contributed by atoms with Crippen molar-refractivity contribution in [2.75, 3.05) is 6.54 Å². The number of rotatable bonds is 4. The number of hydrogen-bond acceptors (Lipinski definition) is 2. The van der Waals surface area contributed by atoms with Crippen LogP contribution in [-0.4, -0.2) is 23.7 Å². The molecule has 1 aromatic carbocycles. The van der Waals surface area contributed by atoms with E-state index >= 15 is 0 Å². The Morgan fingerprint density at radius 3 is 2.95 bits per heavy atom. The lowest BCUT2D eigenvalue weighted by atomic mass is 9.87. The molecule has 3 rings (SSSR count). The van der Waals surface area contributed by atoms with Crippen molar-refractivity contribution in [3.8, 4) is 0 Å². The summed E-state index contributed by atoms with van der Waals surface area (Å²) in [6, 6.07) is 7.04. The maximum atomic E-state index is 11.2. The van der Waals surface area contributed by atoms with E-state index in [1.165, 1.54) is 11.1 Å². The zero-order chi connectivity index (χ0) is 14.8. The number of carboxylic acids is 1. The highest BCUT2D eigenvalue weighted by atomic mass is 79.9. The van der Waals surface area contributed by atoms with Crippen LogP contribution in [0.4, 0.5) is 0 Å². The van der Waals surface area contributed by atoms with Crippen LogP contribution in [0.1, 0.15) is 36.8 Å². The molecule has 0 saturated heterocycles. The number of hydrogen-bond donors (Lipinski definition) is 2. The number of benzene rings is 1. The van der Waals surface area contributed by atoms with Gasteiger partial charge in [0.2, 0.25) is 0 Å². The van der Waals surface area contributed by atoms with Crippen LogP contribution in [0.3, 0.4) is 0 Å². The summed E-state index contributed by atoms with van der Waals surface area (Å²) in [7, 11) is 0. The second-order valence-electron chi connectivity index (χ2n) is 6.40. The summed E-state index contributed by atoms with van der Waals surface area (Å²) >= 11 is 3.53. The van der Waals surface area contributed by atoms with Crippen molar-refractivity contribution in [1.82, 2.24) is 5.32 Å². The number of halogens is 1. The van der Waals surface area contributed by atoms with Gasteiger partial charge in [0.15, 0.2) is 0 Å². The number of carbonyl (C=O) groups is 1. The molecule has 1 aromatic rings. The molecule has 2 aliphatic rings. The van der Waals surface area contributed by atoms with E-state index in [1.807, 2.05) is 0 Å². The number of aliphatic carboxylic acids is 1. The number of carboxylic acid groups (broad SMARTS) is 1. The molecule has 0 aliphatic heterocycles. The van der Waals surface area contributed by atoms with Crippen LogP contribution in [0.5, 0.6) is 0 Å². The summed E-state index contributed by atoms with van der Waals surface area (Å²) in [5.74, 6) is -0.434. The molecule has 3 atom stereocenters. The van der Waals surface area contributed by atoms with Crippen LogP contribution < -0.4 is 5.32 Å². The second kappa shape index (κ2) is 6.49. The Balaban J connectivity index is 1.55. The molecule has 2 aliphatic carbocycles. The summed E-state index contributed by atoms with van der Waals surface area (Å²) in [6.45, 7) is 0.855. The normalized spacial score (nSPS) is 28.3. The quantitative estimate of drug-likeness (QED) is 0.873. The van der Waals surface area contributed by atoms with Gasteiger partial charge in [-0.3, -0.25) is 4.79 Å². The molecule has 0 heterocycles. The highest BCUT2D eigenvalue weighted by Crippen LogP contribution is 2.32. The van der Waals surface area contributed by atoms with Crippen LogP contribution in [0, 0.1) is 11.8 Å². The van der Waals surface area contributed by atoms with Gasteiger partial charge < -0.3 is 10.4 Å². The van der Waals surface area contributed by atoms with E-state index in [0.29, 0.717) is 12.0 Å². The van der Waals surface area contributed by atoms with Crippen LogP contribution in [0.25, 0.3) is 0 Å². The first-order valence-electron chi connectivity index (χ1n) is 7.87. The van der Waals surface area contributed by atoms with Gasteiger partial charge in [-0.1, -0.05) is 28.4 Å². The summed E-state index contributed by atoms with van der Waals surface area (Å²) in [5.41, 5.74) is 2.88. The highest BCUT2D eigenvalue weighted by Gasteiger charge is 2.33.